The summed E-state index contributed by atoms with van der Waals surface area (Å²) >= 11 is 0. The Morgan fingerprint density at radius 1 is 0.696 bits per heavy atom. The number of pyridine rings is 2. The van der Waals surface area contributed by atoms with Crippen LogP contribution in [-0.4, -0.2) is 21.9 Å². The molecule has 2 aromatic heterocycles. The first-order valence-corrected chi connectivity index (χ1v) is 4.93. The Bertz CT molecular complexity index is 548. The van der Waals surface area contributed by atoms with Gasteiger partial charge in [0.2, 0.25) is 0 Å². The molecule has 0 aromatic carbocycles. The van der Waals surface area contributed by atoms with Crippen LogP contribution >= 0.6 is 0 Å². The van der Waals surface area contributed by atoms with Gasteiger partial charge in [-0.2, -0.15) is 0 Å². The molecule has 11 heteroatoms. The first-order valence-electron chi connectivity index (χ1n) is 4.93. The van der Waals surface area contributed by atoms with Gasteiger partial charge in [0.15, 0.2) is 0 Å². The molecule has 12 N–H and O–H groups in total. The molecule has 2 heterocycles. The van der Waals surface area contributed by atoms with E-state index in [1.54, 1.807) is 0 Å². The number of hydrogen-bond donors (Lipinski definition) is 0. The topological polar surface area (TPSA) is 238 Å². The van der Waals surface area contributed by atoms with Crippen LogP contribution in [0.5, 0.6) is 0 Å². The molecule has 0 fully saturated rings. The SMILES string of the molecule is O=C([O-])c1ccc(-c2ccc(C(=O)[O-])cn2)nc1.[Ni+2].[OH3+].[OH3+].[OH3+].[OH3+]. The Morgan fingerprint density at radius 3 is 1.17 bits per heavy atom. The quantitative estimate of drug-likeness (QED) is 0.375. The smallest absolute Gasteiger partial charge is 0.545 e. The molecular weight excluding hydrogens is 359 g/mol. The minimum Gasteiger partial charge on any atom is -0.545 e. The van der Waals surface area contributed by atoms with Gasteiger partial charge in [0, 0.05) is 23.5 Å². The number of nitrogens with zero attached hydrogens (tertiary/aromatic N) is 2. The predicted octanol–water partition coefficient (Wildman–Crippen LogP) is -4.82. The molecule has 0 radical (unpaired) electrons. The number of carbonyl (C=O) groups excluding carboxylic acids is 2. The number of aromatic carboxylic acids is 2. The zero-order valence-electron chi connectivity index (χ0n) is 11.6. The van der Waals surface area contributed by atoms with Gasteiger partial charge >= 0.3 is 16.5 Å². The van der Waals surface area contributed by atoms with Crippen molar-refractivity contribution in [3.63, 3.8) is 0 Å². The summed E-state index contributed by atoms with van der Waals surface area (Å²) in [5, 5.41) is 21.1. The van der Waals surface area contributed by atoms with Crippen LogP contribution in [0.4, 0.5) is 0 Å². The molecule has 0 amide bonds. The van der Waals surface area contributed by atoms with Gasteiger partial charge in [0.05, 0.1) is 23.3 Å². The Kier molecular flexibility index (Phi) is 15.2. The van der Waals surface area contributed by atoms with Crippen LogP contribution in [0.1, 0.15) is 20.7 Å². The number of rotatable bonds is 3. The van der Waals surface area contributed by atoms with Crippen molar-refractivity contribution in [1.29, 1.82) is 0 Å². The van der Waals surface area contributed by atoms with Crippen LogP contribution in [0.3, 0.4) is 0 Å². The minimum absolute atomic E-state index is 0. The second-order valence-electron chi connectivity index (χ2n) is 3.44. The molecule has 23 heavy (non-hydrogen) atoms. The van der Waals surface area contributed by atoms with Crippen LogP contribution in [0.2, 0.25) is 0 Å². The van der Waals surface area contributed by atoms with Gasteiger partial charge in [-0.25, -0.2) is 0 Å². The van der Waals surface area contributed by atoms with Crippen molar-refractivity contribution in [2.24, 2.45) is 0 Å². The van der Waals surface area contributed by atoms with Gasteiger partial charge < -0.3 is 41.7 Å². The summed E-state index contributed by atoms with van der Waals surface area (Å²) in [6, 6.07) is 5.61. The second-order valence-corrected chi connectivity index (χ2v) is 3.44. The average molecular weight is 377 g/mol. The minimum atomic E-state index is -1.31. The third-order valence-electron chi connectivity index (χ3n) is 2.26. The number of carboxylic acid groups (broad SMARTS) is 2. The fraction of sp³-hybridized carbons (Fsp3) is 0. The van der Waals surface area contributed by atoms with E-state index in [0.29, 0.717) is 11.4 Å². The number of carbonyl (C=O) groups is 2. The molecule has 10 nitrogen and oxygen atoms in total. The molecule has 2 rings (SSSR count). The van der Waals surface area contributed by atoms with Crippen molar-refractivity contribution in [3.8, 4) is 11.4 Å². The average Bonchev–Trinajstić information content (AvgIpc) is 2.39. The van der Waals surface area contributed by atoms with Crippen molar-refractivity contribution in [1.82, 2.24) is 9.97 Å². The predicted molar refractivity (Wildman–Crippen MR) is 75.6 cm³/mol. The molecule has 0 atom stereocenters. The Morgan fingerprint density at radius 2 is 1.00 bits per heavy atom. The first kappa shape index (κ1) is 28.7. The molecule has 0 aliphatic heterocycles. The third kappa shape index (κ3) is 6.91. The van der Waals surface area contributed by atoms with E-state index in [4.69, 9.17) is 0 Å². The van der Waals surface area contributed by atoms with Gasteiger partial charge in [0.25, 0.3) is 0 Å². The number of aromatic nitrogens is 2. The maximum absolute atomic E-state index is 10.5. The fourth-order valence-corrected chi connectivity index (χ4v) is 1.33. The second kappa shape index (κ2) is 12.2. The number of hydrogen-bond acceptors (Lipinski definition) is 6. The van der Waals surface area contributed by atoms with Gasteiger partial charge in [0.1, 0.15) is 0 Å². The van der Waals surface area contributed by atoms with Crippen molar-refractivity contribution >= 4 is 11.9 Å². The van der Waals surface area contributed by atoms with E-state index in [2.05, 4.69) is 9.97 Å². The summed E-state index contributed by atoms with van der Waals surface area (Å²) in [5.74, 6) is -2.62. The van der Waals surface area contributed by atoms with Crippen LogP contribution in [0.15, 0.2) is 36.7 Å². The van der Waals surface area contributed by atoms with Crippen molar-refractivity contribution < 1.29 is 58.2 Å². The van der Waals surface area contributed by atoms with E-state index in [-0.39, 0.29) is 49.5 Å². The molecule has 0 unspecified atom stereocenters. The van der Waals surface area contributed by atoms with E-state index in [0.717, 1.165) is 12.4 Å². The maximum atomic E-state index is 10.5. The normalized spacial score (nSPS) is 7.83. The largest absolute Gasteiger partial charge is 2.00 e. The Labute approximate surface area is 140 Å². The summed E-state index contributed by atoms with van der Waals surface area (Å²) in [6.45, 7) is 0. The summed E-state index contributed by atoms with van der Waals surface area (Å²) in [4.78, 5) is 28.9. The fourth-order valence-electron chi connectivity index (χ4n) is 1.33. The number of carboxylic acids is 2. The van der Waals surface area contributed by atoms with Crippen molar-refractivity contribution in [2.75, 3.05) is 0 Å². The van der Waals surface area contributed by atoms with Crippen molar-refractivity contribution in [2.45, 2.75) is 0 Å². The van der Waals surface area contributed by atoms with Gasteiger partial charge in [-0.3, -0.25) is 9.97 Å². The summed E-state index contributed by atoms with van der Waals surface area (Å²) in [6.07, 6.45) is 2.30. The molecule has 2 aromatic rings. The third-order valence-corrected chi connectivity index (χ3v) is 2.26. The molecule has 0 aliphatic rings. The first-order chi connectivity index (χ1) is 8.58. The Balaban J connectivity index is -0.000000361. The summed E-state index contributed by atoms with van der Waals surface area (Å²) in [5.41, 5.74) is 0.796. The van der Waals surface area contributed by atoms with Crippen LogP contribution in [0.25, 0.3) is 11.4 Å². The maximum Gasteiger partial charge on any atom is 2.00 e. The van der Waals surface area contributed by atoms with Crippen LogP contribution in [0, 0.1) is 0 Å². The molecule has 0 saturated carbocycles. The zero-order valence-corrected chi connectivity index (χ0v) is 12.6. The van der Waals surface area contributed by atoms with Gasteiger partial charge in [-0.05, 0) is 24.3 Å². The Hall–Kier alpha value is -2.43. The molecule has 0 saturated heterocycles. The van der Waals surface area contributed by atoms with Crippen LogP contribution < -0.4 is 10.2 Å². The van der Waals surface area contributed by atoms with Gasteiger partial charge in [-0.1, -0.05) is 0 Å². The van der Waals surface area contributed by atoms with Gasteiger partial charge in [-0.15, -0.1) is 0 Å². The van der Waals surface area contributed by atoms with Crippen molar-refractivity contribution in [3.05, 3.63) is 47.8 Å². The molecule has 0 bridgehead atoms. The van der Waals surface area contributed by atoms with E-state index >= 15 is 0 Å². The zero-order chi connectivity index (χ0) is 13.1. The molecule has 130 valence electrons. The monoisotopic (exact) mass is 376 g/mol. The molecular formula is C12H18N2NiO8+4. The molecule has 0 aliphatic carbocycles. The standard InChI is InChI=1S/C12H8N2O4.Ni.4H2O/c15-11(16)7-1-3-9(13-5-7)10-4-2-8(6-14-10)12(17)18;;;;;/h1-6H,(H,15,16)(H,17,18);;4*1H2/q;+2;;;;/p+2. The van der Waals surface area contributed by atoms with E-state index in [9.17, 15) is 19.8 Å². The van der Waals surface area contributed by atoms with E-state index < -0.39 is 11.9 Å². The molecule has 0 spiro atoms. The van der Waals surface area contributed by atoms with Crippen LogP contribution in [-0.2, 0) is 38.4 Å². The summed E-state index contributed by atoms with van der Waals surface area (Å²) < 4.78 is 0. The summed E-state index contributed by atoms with van der Waals surface area (Å²) in [7, 11) is 0. The van der Waals surface area contributed by atoms with E-state index in [1.807, 2.05) is 0 Å². The van der Waals surface area contributed by atoms with E-state index in [1.165, 1.54) is 24.3 Å².